The van der Waals surface area contributed by atoms with Crippen LogP contribution in [-0.2, 0) is 13.0 Å². The predicted octanol–water partition coefficient (Wildman–Crippen LogP) is 1.52. The SMILES string of the molecule is CCc1ccc(/C=c2\sc(=C(C#N)C#N)n(CC)c2=O)cc1. The monoisotopic (exact) mass is 309 g/mol. The highest BCUT2D eigenvalue weighted by atomic mass is 32.1. The van der Waals surface area contributed by atoms with Crippen molar-refractivity contribution in [2.45, 2.75) is 26.8 Å². The number of nitriles is 2. The Morgan fingerprint density at radius 1 is 1.23 bits per heavy atom. The maximum atomic E-state index is 12.4. The Morgan fingerprint density at radius 2 is 1.86 bits per heavy atom. The predicted molar refractivity (Wildman–Crippen MR) is 87.5 cm³/mol. The van der Waals surface area contributed by atoms with Crippen molar-refractivity contribution in [2.24, 2.45) is 0 Å². The highest BCUT2D eigenvalue weighted by molar-refractivity contribution is 7.07. The van der Waals surface area contributed by atoms with Crippen molar-refractivity contribution in [1.29, 1.82) is 10.5 Å². The zero-order valence-corrected chi connectivity index (χ0v) is 13.3. The molecule has 0 radical (unpaired) electrons. The molecule has 1 aromatic heterocycles. The van der Waals surface area contributed by atoms with Crippen LogP contribution >= 0.6 is 11.3 Å². The molecule has 0 N–H and O–H groups in total. The fraction of sp³-hybridized carbons (Fsp3) is 0.235. The minimum atomic E-state index is -0.162. The first kappa shape index (κ1) is 15.8. The average molecular weight is 309 g/mol. The number of aryl methyl sites for hydroxylation is 1. The lowest BCUT2D eigenvalue weighted by Crippen LogP contribution is -2.31. The van der Waals surface area contributed by atoms with E-state index in [1.165, 1.54) is 21.5 Å². The van der Waals surface area contributed by atoms with Gasteiger partial charge in [-0.3, -0.25) is 9.36 Å². The molecular weight excluding hydrogens is 294 g/mol. The van der Waals surface area contributed by atoms with E-state index in [1.54, 1.807) is 6.08 Å². The van der Waals surface area contributed by atoms with Gasteiger partial charge in [-0.05, 0) is 30.5 Å². The van der Waals surface area contributed by atoms with Gasteiger partial charge in [-0.1, -0.05) is 31.2 Å². The maximum absolute atomic E-state index is 12.4. The largest absolute Gasteiger partial charge is 0.298 e. The summed E-state index contributed by atoms with van der Waals surface area (Å²) in [5.74, 6) is 0. The van der Waals surface area contributed by atoms with Crippen molar-refractivity contribution in [3.8, 4) is 12.1 Å². The fourth-order valence-electron chi connectivity index (χ4n) is 2.11. The van der Waals surface area contributed by atoms with Gasteiger partial charge in [0.15, 0.2) is 5.57 Å². The minimum Gasteiger partial charge on any atom is -0.298 e. The van der Waals surface area contributed by atoms with Crippen molar-refractivity contribution < 1.29 is 0 Å². The number of aromatic nitrogens is 1. The first-order valence-electron chi connectivity index (χ1n) is 6.99. The Hall–Kier alpha value is -2.63. The van der Waals surface area contributed by atoms with Gasteiger partial charge in [-0.25, -0.2) is 0 Å². The van der Waals surface area contributed by atoms with Crippen molar-refractivity contribution in [3.05, 3.63) is 54.9 Å². The van der Waals surface area contributed by atoms with Crippen LogP contribution in [-0.4, -0.2) is 4.57 Å². The molecule has 0 saturated heterocycles. The molecule has 1 aromatic carbocycles. The smallest absolute Gasteiger partial charge is 0.269 e. The summed E-state index contributed by atoms with van der Waals surface area (Å²) in [4.78, 5) is 12.4. The fourth-order valence-corrected chi connectivity index (χ4v) is 3.23. The summed E-state index contributed by atoms with van der Waals surface area (Å²) in [6, 6.07) is 11.7. The molecule has 0 bridgehead atoms. The van der Waals surface area contributed by atoms with Crippen LogP contribution in [0.4, 0.5) is 0 Å². The molecule has 0 aliphatic carbocycles. The highest BCUT2D eigenvalue weighted by Gasteiger charge is 2.07. The van der Waals surface area contributed by atoms with Crippen LogP contribution in [0.5, 0.6) is 0 Å². The zero-order valence-electron chi connectivity index (χ0n) is 12.5. The molecule has 2 aromatic rings. The molecule has 2 rings (SSSR count). The third-order valence-corrected chi connectivity index (χ3v) is 4.48. The second-order valence-electron chi connectivity index (χ2n) is 4.66. The van der Waals surface area contributed by atoms with Crippen molar-refractivity contribution >= 4 is 23.0 Å². The molecule has 0 amide bonds. The van der Waals surface area contributed by atoms with Gasteiger partial charge in [0, 0.05) is 6.54 Å². The van der Waals surface area contributed by atoms with E-state index in [1.807, 2.05) is 43.3 Å². The van der Waals surface area contributed by atoms with Gasteiger partial charge in [0.1, 0.15) is 16.8 Å². The second-order valence-corrected chi connectivity index (χ2v) is 5.69. The van der Waals surface area contributed by atoms with E-state index in [-0.39, 0.29) is 11.1 Å². The summed E-state index contributed by atoms with van der Waals surface area (Å²) < 4.78 is 2.43. The first-order valence-corrected chi connectivity index (χ1v) is 7.81. The second kappa shape index (κ2) is 6.89. The van der Waals surface area contributed by atoms with E-state index in [0.717, 1.165) is 12.0 Å². The van der Waals surface area contributed by atoms with E-state index in [9.17, 15) is 4.79 Å². The van der Waals surface area contributed by atoms with E-state index in [4.69, 9.17) is 10.5 Å². The van der Waals surface area contributed by atoms with Gasteiger partial charge in [-0.15, -0.1) is 11.3 Å². The van der Waals surface area contributed by atoms with Crippen LogP contribution in [0.1, 0.15) is 25.0 Å². The van der Waals surface area contributed by atoms with Crippen molar-refractivity contribution in [2.75, 3.05) is 0 Å². The molecule has 1 heterocycles. The van der Waals surface area contributed by atoms with Gasteiger partial charge in [-0.2, -0.15) is 10.5 Å². The summed E-state index contributed by atoms with van der Waals surface area (Å²) in [6.45, 7) is 4.34. The summed E-state index contributed by atoms with van der Waals surface area (Å²) in [5, 5.41) is 18.0. The van der Waals surface area contributed by atoms with E-state index >= 15 is 0 Å². The normalized spacial score (nSPS) is 11.0. The third kappa shape index (κ3) is 3.00. The Morgan fingerprint density at radius 3 is 2.36 bits per heavy atom. The quantitative estimate of drug-likeness (QED) is 0.863. The highest BCUT2D eigenvalue weighted by Crippen LogP contribution is 2.05. The Labute approximate surface area is 132 Å². The molecule has 0 spiro atoms. The molecule has 110 valence electrons. The molecule has 22 heavy (non-hydrogen) atoms. The Bertz CT molecular complexity index is 918. The van der Waals surface area contributed by atoms with Crippen LogP contribution in [0.25, 0.3) is 11.6 Å². The average Bonchev–Trinajstić information content (AvgIpc) is 2.85. The standard InChI is InChI=1S/C17H15N3OS/c1-3-12-5-7-13(8-6-12)9-15-16(21)20(4-2)17(22-15)14(10-18)11-19/h5-9H,3-4H2,1-2H3/b15-9-. The molecular formula is C17H15N3OS. The minimum absolute atomic E-state index is 0.0232. The lowest BCUT2D eigenvalue weighted by molar-refractivity contribution is 0.722. The summed E-state index contributed by atoms with van der Waals surface area (Å²) in [5.41, 5.74) is 1.98. The maximum Gasteiger partial charge on any atom is 0.269 e. The van der Waals surface area contributed by atoms with E-state index in [2.05, 4.69) is 6.92 Å². The van der Waals surface area contributed by atoms with E-state index < -0.39 is 0 Å². The Kier molecular flexibility index (Phi) is 4.93. The topological polar surface area (TPSA) is 69.6 Å². The molecule has 0 aliphatic rings. The lowest BCUT2D eigenvalue weighted by Gasteiger charge is -1.96. The van der Waals surface area contributed by atoms with Crippen LogP contribution in [0.2, 0.25) is 0 Å². The molecule has 5 heteroatoms. The number of benzene rings is 1. The molecule has 0 saturated carbocycles. The molecule has 0 unspecified atom stereocenters. The van der Waals surface area contributed by atoms with Gasteiger partial charge in [0.2, 0.25) is 0 Å². The molecule has 0 fully saturated rings. The van der Waals surface area contributed by atoms with Gasteiger partial charge in [0.05, 0.1) is 4.53 Å². The van der Waals surface area contributed by atoms with Crippen molar-refractivity contribution in [1.82, 2.24) is 4.57 Å². The zero-order chi connectivity index (χ0) is 16.1. The van der Waals surface area contributed by atoms with E-state index in [0.29, 0.717) is 15.7 Å². The number of nitrogens with zero attached hydrogens (tertiary/aromatic N) is 3. The molecule has 0 atom stereocenters. The number of hydrogen-bond donors (Lipinski definition) is 0. The van der Waals surface area contributed by atoms with Crippen molar-refractivity contribution in [3.63, 3.8) is 0 Å². The van der Waals surface area contributed by atoms with Crippen LogP contribution in [0.15, 0.2) is 29.1 Å². The van der Waals surface area contributed by atoms with Crippen LogP contribution in [0.3, 0.4) is 0 Å². The summed E-state index contributed by atoms with van der Waals surface area (Å²) in [6.07, 6.45) is 2.77. The first-order chi connectivity index (χ1) is 10.6. The number of rotatable bonds is 3. The van der Waals surface area contributed by atoms with Gasteiger partial charge >= 0.3 is 0 Å². The number of hydrogen-bond acceptors (Lipinski definition) is 4. The number of thiazole rings is 1. The van der Waals surface area contributed by atoms with Crippen LogP contribution in [0, 0.1) is 22.7 Å². The van der Waals surface area contributed by atoms with Crippen LogP contribution < -0.4 is 14.8 Å². The summed E-state index contributed by atoms with van der Waals surface area (Å²) >= 11 is 1.19. The third-order valence-electron chi connectivity index (χ3n) is 3.35. The van der Waals surface area contributed by atoms with Gasteiger partial charge < -0.3 is 0 Å². The molecule has 0 aliphatic heterocycles. The summed E-state index contributed by atoms with van der Waals surface area (Å²) in [7, 11) is 0. The van der Waals surface area contributed by atoms with Gasteiger partial charge in [0.25, 0.3) is 5.56 Å². The molecule has 4 nitrogen and oxygen atoms in total. The lowest BCUT2D eigenvalue weighted by atomic mass is 10.1. The Balaban J connectivity index is 2.70.